The van der Waals surface area contributed by atoms with Crippen LogP contribution in [0.1, 0.15) is 24.2 Å². The summed E-state index contributed by atoms with van der Waals surface area (Å²) >= 11 is 5.71. The highest BCUT2D eigenvalue weighted by atomic mass is 32.1. The van der Waals surface area contributed by atoms with E-state index in [1.807, 2.05) is 25.1 Å². The van der Waals surface area contributed by atoms with E-state index in [4.69, 9.17) is 17.0 Å². The number of nitrogens with zero attached hydrogens (tertiary/aromatic N) is 2. The number of aromatic nitrogens is 1. The second kappa shape index (κ2) is 8.02. The lowest BCUT2D eigenvalue weighted by Crippen LogP contribution is -2.44. The lowest BCUT2D eigenvalue weighted by atomic mass is 10.00. The molecule has 2 heterocycles. The Kier molecular flexibility index (Phi) is 5.30. The van der Waals surface area contributed by atoms with Gasteiger partial charge in [0.25, 0.3) is 0 Å². The molecule has 1 aliphatic rings. The lowest BCUT2D eigenvalue weighted by Gasteiger charge is -2.39. The van der Waals surface area contributed by atoms with Gasteiger partial charge in [0.15, 0.2) is 5.11 Å². The largest absolute Gasteiger partial charge is 0.494 e. The average molecular weight is 396 g/mol. The zero-order chi connectivity index (χ0) is 19.5. The maximum atomic E-state index is 13.5. The summed E-state index contributed by atoms with van der Waals surface area (Å²) < 4.78 is 21.4. The van der Waals surface area contributed by atoms with Crippen molar-refractivity contribution >= 4 is 23.0 Å². The second-order valence-corrected chi connectivity index (χ2v) is 7.05. The minimum absolute atomic E-state index is 0.0204. The van der Waals surface area contributed by atoms with E-state index < -0.39 is 0 Å². The predicted octanol–water partition coefficient (Wildman–Crippen LogP) is 4.83. The van der Waals surface area contributed by atoms with Crippen LogP contribution in [0, 0.1) is 5.82 Å². The van der Waals surface area contributed by atoms with E-state index in [-0.39, 0.29) is 11.9 Å². The first-order valence-electron chi connectivity index (χ1n) is 9.36. The number of hydrogen-bond acceptors (Lipinski definition) is 2. The number of ether oxygens (including phenoxy) is 1. The first-order chi connectivity index (χ1) is 13.7. The fourth-order valence-electron chi connectivity index (χ4n) is 3.63. The zero-order valence-electron chi connectivity index (χ0n) is 15.6. The Morgan fingerprint density at radius 2 is 1.96 bits per heavy atom. The van der Waals surface area contributed by atoms with Crippen molar-refractivity contribution in [2.24, 2.45) is 0 Å². The Labute approximate surface area is 169 Å². The van der Waals surface area contributed by atoms with Gasteiger partial charge in [-0.1, -0.05) is 18.2 Å². The molecule has 6 heteroatoms. The van der Waals surface area contributed by atoms with Gasteiger partial charge in [0, 0.05) is 30.7 Å². The minimum atomic E-state index is -0.289. The van der Waals surface area contributed by atoms with Gasteiger partial charge in [0.1, 0.15) is 11.6 Å². The standard InChI is InChI=1S/C22H22FN3OS/c1-2-27-19-10-8-16(9-11-19)21-20-7-4-12-25(20)13-14-26(21)22(28)24-18-6-3-5-17(23)15-18/h3-12,15,21H,2,13-14H2,1H3,(H,24,28)/t21-/m0/s1. The fraction of sp³-hybridized carbons (Fsp3) is 0.227. The summed E-state index contributed by atoms with van der Waals surface area (Å²) in [6.07, 6.45) is 2.09. The van der Waals surface area contributed by atoms with Crippen molar-refractivity contribution in [3.05, 3.63) is 83.9 Å². The quantitative estimate of drug-likeness (QED) is 0.641. The molecule has 2 aromatic carbocycles. The molecular weight excluding hydrogens is 373 g/mol. The molecule has 4 nitrogen and oxygen atoms in total. The third kappa shape index (κ3) is 3.73. The Morgan fingerprint density at radius 1 is 1.14 bits per heavy atom. The molecule has 28 heavy (non-hydrogen) atoms. The van der Waals surface area contributed by atoms with Gasteiger partial charge in [-0.15, -0.1) is 0 Å². The van der Waals surface area contributed by atoms with E-state index in [1.54, 1.807) is 6.07 Å². The van der Waals surface area contributed by atoms with Crippen LogP contribution in [0.3, 0.4) is 0 Å². The van der Waals surface area contributed by atoms with Gasteiger partial charge in [0.2, 0.25) is 0 Å². The lowest BCUT2D eigenvalue weighted by molar-refractivity contribution is 0.293. The molecule has 144 valence electrons. The summed E-state index contributed by atoms with van der Waals surface area (Å²) in [6.45, 7) is 4.22. The maximum Gasteiger partial charge on any atom is 0.174 e. The van der Waals surface area contributed by atoms with E-state index in [9.17, 15) is 4.39 Å². The van der Waals surface area contributed by atoms with Crippen molar-refractivity contribution in [1.29, 1.82) is 0 Å². The molecule has 4 rings (SSSR count). The van der Waals surface area contributed by atoms with Crippen LogP contribution < -0.4 is 10.1 Å². The van der Waals surface area contributed by atoms with Crippen LogP contribution in [0.2, 0.25) is 0 Å². The average Bonchev–Trinajstić information content (AvgIpc) is 3.17. The summed E-state index contributed by atoms with van der Waals surface area (Å²) in [4.78, 5) is 2.16. The van der Waals surface area contributed by atoms with Crippen LogP contribution in [0.5, 0.6) is 5.75 Å². The first-order valence-corrected chi connectivity index (χ1v) is 9.77. The summed E-state index contributed by atoms with van der Waals surface area (Å²) in [5.41, 5.74) is 2.96. The van der Waals surface area contributed by atoms with Gasteiger partial charge >= 0.3 is 0 Å². The molecule has 1 N–H and O–H groups in total. The van der Waals surface area contributed by atoms with Gasteiger partial charge < -0.3 is 19.5 Å². The van der Waals surface area contributed by atoms with Crippen LogP contribution in [0.15, 0.2) is 66.9 Å². The summed E-state index contributed by atoms with van der Waals surface area (Å²) in [7, 11) is 0. The molecule has 0 spiro atoms. The maximum absolute atomic E-state index is 13.5. The normalized spacial score (nSPS) is 15.8. The Balaban J connectivity index is 1.64. The number of thiocarbonyl (C=S) groups is 1. The van der Waals surface area contributed by atoms with Crippen molar-refractivity contribution in [1.82, 2.24) is 9.47 Å². The van der Waals surface area contributed by atoms with Crippen molar-refractivity contribution in [2.45, 2.75) is 19.5 Å². The smallest absolute Gasteiger partial charge is 0.174 e. The second-order valence-electron chi connectivity index (χ2n) is 6.66. The highest BCUT2D eigenvalue weighted by molar-refractivity contribution is 7.80. The van der Waals surface area contributed by atoms with Crippen molar-refractivity contribution < 1.29 is 9.13 Å². The Morgan fingerprint density at radius 3 is 2.71 bits per heavy atom. The van der Waals surface area contributed by atoms with Crippen molar-refractivity contribution in [3.63, 3.8) is 0 Å². The third-order valence-corrected chi connectivity index (χ3v) is 5.22. The van der Waals surface area contributed by atoms with E-state index in [2.05, 4.69) is 45.2 Å². The van der Waals surface area contributed by atoms with E-state index >= 15 is 0 Å². The SMILES string of the molecule is CCOc1ccc([C@H]2c3cccn3CCN2C(=S)Nc2cccc(F)c2)cc1. The van der Waals surface area contributed by atoms with Gasteiger partial charge in [-0.05, 0) is 67.2 Å². The monoisotopic (exact) mass is 395 g/mol. The summed E-state index contributed by atoms with van der Waals surface area (Å²) in [6, 6.07) is 18.7. The molecule has 0 unspecified atom stereocenters. The fourth-order valence-corrected chi connectivity index (χ4v) is 3.94. The van der Waals surface area contributed by atoms with Crippen LogP contribution in [-0.2, 0) is 6.54 Å². The summed E-state index contributed by atoms with van der Waals surface area (Å²) in [5.74, 6) is 0.563. The molecule has 0 saturated carbocycles. The Hall–Kier alpha value is -2.86. The number of fused-ring (bicyclic) bond motifs is 1. The number of hydrogen-bond donors (Lipinski definition) is 1. The van der Waals surface area contributed by atoms with Crippen LogP contribution >= 0.6 is 12.2 Å². The van der Waals surface area contributed by atoms with Gasteiger partial charge in [-0.25, -0.2) is 4.39 Å². The molecule has 1 atom stereocenters. The van der Waals surface area contributed by atoms with Crippen LogP contribution in [-0.4, -0.2) is 27.7 Å². The van der Waals surface area contributed by atoms with Crippen LogP contribution in [0.4, 0.5) is 10.1 Å². The number of rotatable bonds is 4. The molecule has 0 aliphatic carbocycles. The number of anilines is 1. The number of halogens is 1. The molecule has 0 saturated heterocycles. The van der Waals surface area contributed by atoms with Crippen molar-refractivity contribution in [3.8, 4) is 5.75 Å². The zero-order valence-corrected chi connectivity index (χ0v) is 16.5. The van der Waals surface area contributed by atoms with E-state index in [1.165, 1.54) is 17.8 Å². The highest BCUT2D eigenvalue weighted by Crippen LogP contribution is 2.33. The highest BCUT2D eigenvalue weighted by Gasteiger charge is 2.30. The molecular formula is C22H22FN3OS. The summed E-state index contributed by atoms with van der Waals surface area (Å²) in [5, 5.41) is 3.77. The number of nitrogens with one attached hydrogen (secondary N) is 1. The van der Waals surface area contributed by atoms with Crippen molar-refractivity contribution in [2.75, 3.05) is 18.5 Å². The predicted molar refractivity (Wildman–Crippen MR) is 113 cm³/mol. The molecule has 3 aromatic rings. The molecule has 0 bridgehead atoms. The van der Waals surface area contributed by atoms with Gasteiger partial charge in [-0.2, -0.15) is 0 Å². The molecule has 0 fully saturated rings. The third-order valence-electron chi connectivity index (χ3n) is 4.88. The Bertz CT molecular complexity index is 970. The molecule has 0 radical (unpaired) electrons. The van der Waals surface area contributed by atoms with Gasteiger partial charge in [0.05, 0.1) is 12.6 Å². The first kappa shape index (κ1) is 18.5. The molecule has 0 amide bonds. The number of benzene rings is 2. The van der Waals surface area contributed by atoms with E-state index in [0.717, 1.165) is 24.4 Å². The molecule has 1 aliphatic heterocycles. The minimum Gasteiger partial charge on any atom is -0.494 e. The van der Waals surface area contributed by atoms with Gasteiger partial charge in [-0.3, -0.25) is 0 Å². The molecule has 1 aromatic heterocycles. The topological polar surface area (TPSA) is 29.4 Å². The van der Waals surface area contributed by atoms with E-state index in [0.29, 0.717) is 17.4 Å². The van der Waals surface area contributed by atoms with Crippen LogP contribution in [0.25, 0.3) is 0 Å².